The highest BCUT2D eigenvalue weighted by Gasteiger charge is 2.29. The molecule has 0 radical (unpaired) electrons. The molecule has 0 saturated carbocycles. The summed E-state index contributed by atoms with van der Waals surface area (Å²) in [5.41, 5.74) is 2.25. The Morgan fingerprint density at radius 3 is 3.15 bits per heavy atom. The second kappa shape index (κ2) is 3.14. The molecule has 0 fully saturated rings. The molecule has 1 N–H and O–H groups in total. The largest absolute Gasteiger partial charge is 0.387 e. The minimum atomic E-state index is -0.304. The maximum absolute atomic E-state index is 10.0. The molecule has 3 heteroatoms. The lowest BCUT2D eigenvalue weighted by molar-refractivity contribution is 0.0836. The van der Waals surface area contributed by atoms with E-state index in [9.17, 15) is 5.11 Å². The van der Waals surface area contributed by atoms with Gasteiger partial charge in [-0.15, -0.1) is 0 Å². The number of fused-ring (bicyclic) bond motifs is 1. The Morgan fingerprint density at radius 2 is 2.46 bits per heavy atom. The van der Waals surface area contributed by atoms with E-state index < -0.39 is 0 Å². The van der Waals surface area contributed by atoms with E-state index in [4.69, 9.17) is 0 Å². The summed E-state index contributed by atoms with van der Waals surface area (Å²) in [4.78, 5) is 0. The molecule has 13 heavy (non-hydrogen) atoms. The van der Waals surface area contributed by atoms with E-state index in [2.05, 4.69) is 12.0 Å². The van der Waals surface area contributed by atoms with Gasteiger partial charge in [-0.1, -0.05) is 13.3 Å². The van der Waals surface area contributed by atoms with Gasteiger partial charge < -0.3 is 5.11 Å². The normalized spacial score (nSPS) is 27.3. The van der Waals surface area contributed by atoms with Crippen molar-refractivity contribution in [3.05, 3.63) is 17.5 Å². The summed E-state index contributed by atoms with van der Waals surface area (Å²) < 4.78 is 1.81. The molecule has 0 aromatic carbocycles. The van der Waals surface area contributed by atoms with Crippen LogP contribution >= 0.6 is 0 Å². The Morgan fingerprint density at radius 1 is 1.69 bits per heavy atom. The van der Waals surface area contributed by atoms with Gasteiger partial charge in [-0.2, -0.15) is 5.10 Å². The Hall–Kier alpha value is -0.830. The molecule has 1 aliphatic carbocycles. The molecule has 0 amide bonds. The lowest BCUT2D eigenvalue weighted by atomic mass is 9.84. The fourth-order valence-corrected chi connectivity index (χ4v) is 2.22. The molecular formula is C10H16N2O. The summed E-state index contributed by atoms with van der Waals surface area (Å²) >= 11 is 0. The molecular weight excluding hydrogens is 164 g/mol. The smallest absolute Gasteiger partial charge is 0.0987 e. The Bertz CT molecular complexity index is 306. The zero-order valence-electron chi connectivity index (χ0n) is 8.20. The number of aryl methyl sites for hydroxylation is 2. The molecule has 1 aromatic rings. The second-order valence-electron chi connectivity index (χ2n) is 3.83. The monoisotopic (exact) mass is 180 g/mol. The lowest BCUT2D eigenvalue weighted by Gasteiger charge is -2.27. The third-order valence-electron chi connectivity index (χ3n) is 3.10. The number of hydrogen-bond acceptors (Lipinski definition) is 2. The fourth-order valence-electron chi connectivity index (χ4n) is 2.22. The SMILES string of the molecule is CCC1CCc2cnn(C)c2C1O. The molecule has 3 nitrogen and oxygen atoms in total. The van der Waals surface area contributed by atoms with E-state index in [-0.39, 0.29) is 6.10 Å². The van der Waals surface area contributed by atoms with Gasteiger partial charge in [0.2, 0.25) is 0 Å². The molecule has 0 saturated heterocycles. The highest BCUT2D eigenvalue weighted by atomic mass is 16.3. The first-order chi connectivity index (χ1) is 6.24. The predicted molar refractivity (Wildman–Crippen MR) is 50.3 cm³/mol. The van der Waals surface area contributed by atoms with Gasteiger partial charge in [-0.05, 0) is 24.3 Å². The quantitative estimate of drug-likeness (QED) is 0.710. The summed E-state index contributed by atoms with van der Waals surface area (Å²) in [6.07, 6.45) is 4.78. The summed E-state index contributed by atoms with van der Waals surface area (Å²) in [6.45, 7) is 2.13. The number of rotatable bonds is 1. The molecule has 0 bridgehead atoms. The zero-order valence-corrected chi connectivity index (χ0v) is 8.20. The van der Waals surface area contributed by atoms with Gasteiger partial charge in [0.05, 0.1) is 18.0 Å². The van der Waals surface area contributed by atoms with Crippen LogP contribution in [0.5, 0.6) is 0 Å². The standard InChI is InChI=1S/C10H16N2O/c1-3-7-4-5-8-6-11-12(2)9(8)10(7)13/h6-7,10,13H,3-5H2,1-2H3. The van der Waals surface area contributed by atoms with Crippen molar-refractivity contribution >= 4 is 0 Å². The number of aliphatic hydroxyl groups is 1. The summed E-state index contributed by atoms with van der Waals surface area (Å²) in [6, 6.07) is 0. The van der Waals surface area contributed by atoms with E-state index in [1.165, 1.54) is 5.56 Å². The first kappa shape index (κ1) is 8.75. The van der Waals surface area contributed by atoms with Crippen LogP contribution in [-0.4, -0.2) is 14.9 Å². The molecule has 0 spiro atoms. The third kappa shape index (κ3) is 1.27. The summed E-state index contributed by atoms with van der Waals surface area (Å²) in [5.74, 6) is 0.419. The van der Waals surface area contributed by atoms with Crippen LogP contribution in [0.1, 0.15) is 37.1 Å². The van der Waals surface area contributed by atoms with Gasteiger partial charge >= 0.3 is 0 Å². The average Bonchev–Trinajstić information content (AvgIpc) is 2.49. The number of aromatic nitrogens is 2. The van der Waals surface area contributed by atoms with Crippen LogP contribution in [0.15, 0.2) is 6.20 Å². The van der Waals surface area contributed by atoms with Gasteiger partial charge in [0.25, 0.3) is 0 Å². The van der Waals surface area contributed by atoms with E-state index in [1.54, 1.807) is 0 Å². The van der Waals surface area contributed by atoms with Crippen LogP contribution < -0.4 is 0 Å². The zero-order chi connectivity index (χ0) is 9.42. The van der Waals surface area contributed by atoms with Crippen molar-refractivity contribution in [2.45, 2.75) is 32.3 Å². The number of hydrogen-bond donors (Lipinski definition) is 1. The number of nitrogens with zero attached hydrogens (tertiary/aromatic N) is 2. The van der Waals surface area contributed by atoms with E-state index >= 15 is 0 Å². The van der Waals surface area contributed by atoms with Crippen LogP contribution in [0, 0.1) is 5.92 Å². The first-order valence-corrected chi connectivity index (χ1v) is 4.93. The summed E-state index contributed by atoms with van der Waals surface area (Å²) in [5, 5.41) is 14.2. The average molecular weight is 180 g/mol. The molecule has 2 atom stereocenters. The maximum atomic E-state index is 10.0. The van der Waals surface area contributed by atoms with Crippen molar-refractivity contribution in [2.24, 2.45) is 13.0 Å². The minimum absolute atomic E-state index is 0.304. The maximum Gasteiger partial charge on any atom is 0.0987 e. The van der Waals surface area contributed by atoms with Crippen molar-refractivity contribution in [3.63, 3.8) is 0 Å². The molecule has 1 aliphatic rings. The van der Waals surface area contributed by atoms with Gasteiger partial charge in [0.15, 0.2) is 0 Å². The van der Waals surface area contributed by atoms with Crippen LogP contribution in [0.25, 0.3) is 0 Å². The summed E-state index contributed by atoms with van der Waals surface area (Å²) in [7, 11) is 1.90. The Kier molecular flexibility index (Phi) is 2.12. The molecule has 2 unspecified atom stereocenters. The topological polar surface area (TPSA) is 38.0 Å². The Balaban J connectivity index is 2.37. The van der Waals surface area contributed by atoms with Gasteiger partial charge in [-0.25, -0.2) is 0 Å². The van der Waals surface area contributed by atoms with Gasteiger partial charge in [-0.3, -0.25) is 4.68 Å². The van der Waals surface area contributed by atoms with Crippen molar-refractivity contribution < 1.29 is 5.11 Å². The highest BCUT2D eigenvalue weighted by molar-refractivity contribution is 5.23. The molecule has 0 aliphatic heterocycles. The van der Waals surface area contributed by atoms with Crippen LogP contribution in [0.4, 0.5) is 0 Å². The van der Waals surface area contributed by atoms with Gasteiger partial charge in [0, 0.05) is 7.05 Å². The lowest BCUT2D eigenvalue weighted by Crippen LogP contribution is -2.21. The van der Waals surface area contributed by atoms with E-state index in [0.717, 1.165) is 25.0 Å². The van der Waals surface area contributed by atoms with Crippen LogP contribution in [-0.2, 0) is 13.5 Å². The molecule has 72 valence electrons. The first-order valence-electron chi connectivity index (χ1n) is 4.93. The molecule has 2 rings (SSSR count). The third-order valence-corrected chi connectivity index (χ3v) is 3.10. The molecule has 1 aromatic heterocycles. The second-order valence-corrected chi connectivity index (χ2v) is 3.83. The Labute approximate surface area is 78.4 Å². The molecule has 1 heterocycles. The van der Waals surface area contributed by atoms with Crippen molar-refractivity contribution in [1.29, 1.82) is 0 Å². The van der Waals surface area contributed by atoms with Crippen molar-refractivity contribution in [1.82, 2.24) is 9.78 Å². The van der Waals surface area contributed by atoms with Crippen LogP contribution in [0.2, 0.25) is 0 Å². The van der Waals surface area contributed by atoms with E-state index in [0.29, 0.717) is 5.92 Å². The predicted octanol–water partition coefficient (Wildman–Crippen LogP) is 1.43. The fraction of sp³-hybridized carbons (Fsp3) is 0.700. The van der Waals surface area contributed by atoms with E-state index in [1.807, 2.05) is 17.9 Å². The minimum Gasteiger partial charge on any atom is -0.387 e. The number of aliphatic hydroxyl groups excluding tert-OH is 1. The van der Waals surface area contributed by atoms with Crippen molar-refractivity contribution in [3.8, 4) is 0 Å². The van der Waals surface area contributed by atoms with Crippen LogP contribution in [0.3, 0.4) is 0 Å². The van der Waals surface area contributed by atoms with Crippen molar-refractivity contribution in [2.75, 3.05) is 0 Å². The highest BCUT2D eigenvalue weighted by Crippen LogP contribution is 2.35. The van der Waals surface area contributed by atoms with Gasteiger partial charge in [0.1, 0.15) is 0 Å².